The van der Waals surface area contributed by atoms with Crippen LogP contribution < -0.4 is 5.73 Å². The summed E-state index contributed by atoms with van der Waals surface area (Å²) in [5.74, 6) is 0.272. The first-order chi connectivity index (χ1) is 7.27. The van der Waals surface area contributed by atoms with Crippen LogP contribution in [0, 0.1) is 11.3 Å². The van der Waals surface area contributed by atoms with Gasteiger partial charge in [-0.3, -0.25) is 0 Å². The van der Waals surface area contributed by atoms with Gasteiger partial charge in [0.1, 0.15) is 18.2 Å². The predicted molar refractivity (Wildman–Crippen MR) is 58.6 cm³/mol. The molecule has 1 unspecified atom stereocenters. The van der Waals surface area contributed by atoms with Crippen LogP contribution >= 0.6 is 0 Å². The fourth-order valence-electron chi connectivity index (χ4n) is 1.52. The van der Waals surface area contributed by atoms with Gasteiger partial charge < -0.3 is 5.73 Å². The van der Waals surface area contributed by atoms with Crippen molar-refractivity contribution in [2.45, 2.75) is 12.0 Å². The molecular weight excluding hydrogens is 188 g/mol. The molecule has 74 valence electrons. The van der Waals surface area contributed by atoms with E-state index in [0.29, 0.717) is 6.42 Å². The lowest BCUT2D eigenvalue weighted by Gasteiger charge is -2.17. The molecule has 0 aromatic heterocycles. The molecule has 1 aliphatic rings. The lowest BCUT2D eigenvalue weighted by Crippen LogP contribution is -2.40. The average Bonchev–Trinajstić information content (AvgIpc) is 2.62. The Morgan fingerprint density at radius 2 is 2.07 bits per heavy atom. The number of amidine groups is 1. The molecule has 0 aliphatic carbocycles. The minimum absolute atomic E-state index is 0.272. The maximum atomic E-state index is 9.12. The summed E-state index contributed by atoms with van der Waals surface area (Å²) in [6, 6.07) is 11.8. The highest BCUT2D eigenvalue weighted by atomic mass is 15.1. The zero-order valence-electron chi connectivity index (χ0n) is 8.09. The lowest BCUT2D eigenvalue weighted by molar-refractivity contribution is 0.717. The van der Waals surface area contributed by atoms with Crippen molar-refractivity contribution in [2.75, 3.05) is 0 Å². The summed E-state index contributed by atoms with van der Waals surface area (Å²) in [5, 5.41) is 9.12. The molecule has 2 N–H and O–H groups in total. The van der Waals surface area contributed by atoms with E-state index in [1.165, 1.54) is 6.34 Å². The van der Waals surface area contributed by atoms with Gasteiger partial charge in [-0.15, -0.1) is 0 Å². The summed E-state index contributed by atoms with van der Waals surface area (Å²) >= 11 is 0. The van der Waals surface area contributed by atoms with Crippen molar-refractivity contribution in [3.63, 3.8) is 0 Å². The molecule has 1 aliphatic heterocycles. The largest absolute Gasteiger partial charge is 0.384 e. The number of rotatable bonds is 2. The van der Waals surface area contributed by atoms with Crippen LogP contribution in [0.25, 0.3) is 0 Å². The van der Waals surface area contributed by atoms with E-state index in [1.54, 1.807) is 0 Å². The Morgan fingerprint density at radius 3 is 2.60 bits per heavy atom. The summed E-state index contributed by atoms with van der Waals surface area (Å²) in [5.41, 5.74) is 5.70. The molecule has 0 spiro atoms. The molecule has 15 heavy (non-hydrogen) atoms. The van der Waals surface area contributed by atoms with E-state index >= 15 is 0 Å². The molecule has 4 nitrogen and oxygen atoms in total. The highest BCUT2D eigenvalue weighted by Crippen LogP contribution is 2.20. The third kappa shape index (κ3) is 1.59. The van der Waals surface area contributed by atoms with Gasteiger partial charge in [0, 0.05) is 6.42 Å². The molecule has 0 fully saturated rings. The van der Waals surface area contributed by atoms with Crippen molar-refractivity contribution in [3.05, 3.63) is 35.9 Å². The summed E-state index contributed by atoms with van der Waals surface area (Å²) < 4.78 is 0. The Labute approximate surface area is 87.8 Å². The van der Waals surface area contributed by atoms with Gasteiger partial charge in [0.05, 0.1) is 0 Å². The second-order valence-corrected chi connectivity index (χ2v) is 3.39. The molecule has 0 bridgehead atoms. The predicted octanol–water partition coefficient (Wildman–Crippen LogP) is 0.891. The summed E-state index contributed by atoms with van der Waals surface area (Å²) in [7, 11) is 0. The van der Waals surface area contributed by atoms with Crippen LogP contribution in [0.2, 0.25) is 0 Å². The monoisotopic (exact) mass is 198 g/mol. The fourth-order valence-corrected chi connectivity index (χ4v) is 1.52. The van der Waals surface area contributed by atoms with E-state index in [4.69, 9.17) is 11.0 Å². The van der Waals surface area contributed by atoms with Gasteiger partial charge in [0.15, 0.2) is 0 Å². The summed E-state index contributed by atoms with van der Waals surface area (Å²) in [6.45, 7) is 0. The first-order valence-corrected chi connectivity index (χ1v) is 4.59. The standard InChI is InChI=1S/C11H10N4/c12-7-11(10(13)14-8-15-11)6-9-4-2-1-3-5-9/h1-5,8H,6H2,(H2,13,14,15). The highest BCUT2D eigenvalue weighted by Gasteiger charge is 2.36. The van der Waals surface area contributed by atoms with E-state index in [1.807, 2.05) is 30.3 Å². The van der Waals surface area contributed by atoms with Crippen LogP contribution in [0.3, 0.4) is 0 Å². The maximum absolute atomic E-state index is 9.12. The number of aliphatic imine (C=N–C) groups is 2. The van der Waals surface area contributed by atoms with Crippen LogP contribution in [0.15, 0.2) is 40.3 Å². The average molecular weight is 198 g/mol. The molecule has 0 saturated heterocycles. The van der Waals surface area contributed by atoms with Crippen molar-refractivity contribution in [3.8, 4) is 6.07 Å². The first-order valence-electron chi connectivity index (χ1n) is 4.59. The number of nitrogens with zero attached hydrogens (tertiary/aromatic N) is 3. The SMILES string of the molecule is N#CC1(Cc2ccccc2)N=CN=C1N. The molecule has 1 heterocycles. The molecule has 1 aromatic rings. The van der Waals surface area contributed by atoms with Gasteiger partial charge in [-0.25, -0.2) is 9.98 Å². The van der Waals surface area contributed by atoms with Gasteiger partial charge in [-0.2, -0.15) is 5.26 Å². The van der Waals surface area contributed by atoms with E-state index < -0.39 is 5.54 Å². The number of benzene rings is 1. The van der Waals surface area contributed by atoms with E-state index in [2.05, 4.69) is 16.1 Å². The molecule has 0 radical (unpaired) electrons. The van der Waals surface area contributed by atoms with Gasteiger partial charge in [0.2, 0.25) is 5.54 Å². The molecule has 1 atom stereocenters. The van der Waals surface area contributed by atoms with E-state index in [-0.39, 0.29) is 5.84 Å². The Hall–Kier alpha value is -2.15. The molecule has 0 amide bonds. The molecular formula is C11H10N4. The topological polar surface area (TPSA) is 74.5 Å². The van der Waals surface area contributed by atoms with Crippen molar-refractivity contribution < 1.29 is 0 Å². The van der Waals surface area contributed by atoms with Gasteiger partial charge in [-0.1, -0.05) is 30.3 Å². The third-order valence-corrected chi connectivity index (χ3v) is 2.39. The molecule has 0 saturated carbocycles. The van der Waals surface area contributed by atoms with Crippen LogP contribution in [0.5, 0.6) is 0 Å². The fraction of sp³-hybridized carbons (Fsp3) is 0.182. The highest BCUT2D eigenvalue weighted by molar-refractivity contribution is 6.02. The van der Waals surface area contributed by atoms with Gasteiger partial charge >= 0.3 is 0 Å². The Kier molecular flexibility index (Phi) is 2.22. The van der Waals surface area contributed by atoms with Crippen LogP contribution in [0.4, 0.5) is 0 Å². The van der Waals surface area contributed by atoms with Crippen molar-refractivity contribution in [2.24, 2.45) is 15.7 Å². The molecule has 1 aromatic carbocycles. The van der Waals surface area contributed by atoms with Crippen LogP contribution in [0.1, 0.15) is 5.56 Å². The molecule has 2 rings (SSSR count). The van der Waals surface area contributed by atoms with Crippen LogP contribution in [-0.2, 0) is 6.42 Å². The minimum atomic E-state index is -0.999. The van der Waals surface area contributed by atoms with Crippen molar-refractivity contribution >= 4 is 12.2 Å². The normalized spacial score (nSPS) is 23.5. The van der Waals surface area contributed by atoms with Gasteiger partial charge in [-0.05, 0) is 5.56 Å². The first kappa shape index (κ1) is 9.41. The number of hydrogen-bond donors (Lipinski definition) is 1. The quantitative estimate of drug-likeness (QED) is 0.766. The summed E-state index contributed by atoms with van der Waals surface area (Å²) in [4.78, 5) is 7.88. The minimum Gasteiger partial charge on any atom is -0.384 e. The Morgan fingerprint density at radius 1 is 1.33 bits per heavy atom. The lowest BCUT2D eigenvalue weighted by atomic mass is 9.92. The third-order valence-electron chi connectivity index (χ3n) is 2.39. The van der Waals surface area contributed by atoms with E-state index in [0.717, 1.165) is 5.56 Å². The summed E-state index contributed by atoms with van der Waals surface area (Å²) in [6.07, 6.45) is 1.82. The second kappa shape index (κ2) is 3.54. The van der Waals surface area contributed by atoms with Crippen molar-refractivity contribution in [1.82, 2.24) is 0 Å². The smallest absolute Gasteiger partial charge is 0.208 e. The molecule has 4 heteroatoms. The Balaban J connectivity index is 2.29. The van der Waals surface area contributed by atoms with Crippen molar-refractivity contribution in [1.29, 1.82) is 5.26 Å². The number of hydrogen-bond acceptors (Lipinski definition) is 4. The van der Waals surface area contributed by atoms with Gasteiger partial charge in [0.25, 0.3) is 0 Å². The number of nitriles is 1. The zero-order chi connectivity index (χ0) is 10.7. The number of nitrogens with two attached hydrogens (primary N) is 1. The zero-order valence-corrected chi connectivity index (χ0v) is 8.09. The second-order valence-electron chi connectivity index (χ2n) is 3.39. The maximum Gasteiger partial charge on any atom is 0.208 e. The van der Waals surface area contributed by atoms with Crippen LogP contribution in [-0.4, -0.2) is 17.7 Å². The van der Waals surface area contributed by atoms with E-state index in [9.17, 15) is 0 Å². The Bertz CT molecular complexity index is 455.